The number of hydrogen-bond donors (Lipinski definition) is 2. The third-order valence-electron chi connectivity index (χ3n) is 6.88. The molecule has 2 aliphatic heterocycles. The van der Waals surface area contributed by atoms with Crippen LogP contribution in [0.4, 0.5) is 0 Å². The summed E-state index contributed by atoms with van der Waals surface area (Å²) in [5.41, 5.74) is 4.60. The zero-order valence-corrected chi connectivity index (χ0v) is 18.3. The number of likely N-dealkylation sites (tertiary alicyclic amines) is 1. The number of benzene rings is 2. The topological polar surface area (TPSA) is 59.6 Å². The molecular formula is C25H28ClN3O2. The Balaban J connectivity index is 1.16. The summed E-state index contributed by atoms with van der Waals surface area (Å²) in [6.45, 7) is 3.59. The third-order valence-corrected chi connectivity index (χ3v) is 7.14. The number of aliphatic hydroxyl groups excluding tert-OH is 1. The molecule has 162 valence electrons. The SMILES string of the molecule is O=C(CN1CCC(C(O)c2ccc(Cl)cc2)CC1)N1CCc2[nH]c3ccccc3c2C1. The molecule has 1 atom stereocenters. The Labute approximate surface area is 187 Å². The zero-order valence-electron chi connectivity index (χ0n) is 17.6. The number of H-pyrrole nitrogens is 1. The van der Waals surface area contributed by atoms with E-state index in [-0.39, 0.29) is 11.8 Å². The first-order valence-corrected chi connectivity index (χ1v) is 11.5. The van der Waals surface area contributed by atoms with Crippen LogP contribution in [0, 0.1) is 5.92 Å². The van der Waals surface area contributed by atoms with E-state index in [0.717, 1.165) is 50.0 Å². The average molecular weight is 438 g/mol. The number of hydrogen-bond acceptors (Lipinski definition) is 3. The molecule has 0 spiro atoms. The van der Waals surface area contributed by atoms with Crippen molar-refractivity contribution in [3.8, 4) is 0 Å². The van der Waals surface area contributed by atoms with Crippen LogP contribution in [-0.4, -0.2) is 52.0 Å². The monoisotopic (exact) mass is 437 g/mol. The lowest BCUT2D eigenvalue weighted by Crippen LogP contribution is -2.45. The summed E-state index contributed by atoms with van der Waals surface area (Å²) in [7, 11) is 0. The Morgan fingerprint density at radius 2 is 1.84 bits per heavy atom. The van der Waals surface area contributed by atoms with Gasteiger partial charge in [-0.15, -0.1) is 0 Å². The normalized spacial score (nSPS) is 18.8. The molecule has 1 amide bonds. The maximum atomic E-state index is 13.0. The number of nitrogens with one attached hydrogen (secondary N) is 1. The van der Waals surface area contributed by atoms with Crippen LogP contribution in [0.2, 0.25) is 5.02 Å². The molecule has 3 aromatic rings. The first kappa shape index (κ1) is 20.6. The number of aliphatic hydroxyl groups is 1. The molecule has 2 aromatic carbocycles. The van der Waals surface area contributed by atoms with E-state index < -0.39 is 6.10 Å². The van der Waals surface area contributed by atoms with Gasteiger partial charge in [-0.2, -0.15) is 0 Å². The van der Waals surface area contributed by atoms with Crippen LogP contribution in [0.5, 0.6) is 0 Å². The summed E-state index contributed by atoms with van der Waals surface area (Å²) in [6.07, 6.45) is 2.19. The van der Waals surface area contributed by atoms with Gasteiger partial charge < -0.3 is 15.0 Å². The first-order valence-electron chi connectivity index (χ1n) is 11.1. The van der Waals surface area contributed by atoms with Crippen LogP contribution in [0.3, 0.4) is 0 Å². The number of fused-ring (bicyclic) bond motifs is 3. The fourth-order valence-electron chi connectivity index (χ4n) is 5.03. The van der Waals surface area contributed by atoms with Crippen molar-refractivity contribution in [3.63, 3.8) is 0 Å². The van der Waals surface area contributed by atoms with Gasteiger partial charge in [-0.25, -0.2) is 0 Å². The smallest absolute Gasteiger partial charge is 0.237 e. The number of para-hydroxylation sites is 1. The Morgan fingerprint density at radius 1 is 1.10 bits per heavy atom. The van der Waals surface area contributed by atoms with Gasteiger partial charge in [0.2, 0.25) is 5.91 Å². The van der Waals surface area contributed by atoms with E-state index in [0.29, 0.717) is 18.1 Å². The number of aromatic nitrogens is 1. The lowest BCUT2D eigenvalue weighted by atomic mass is 9.87. The number of amides is 1. The number of piperidine rings is 1. The van der Waals surface area contributed by atoms with Gasteiger partial charge in [0.1, 0.15) is 0 Å². The summed E-state index contributed by atoms with van der Waals surface area (Å²) in [4.78, 5) is 20.8. The molecule has 2 N–H and O–H groups in total. The molecule has 0 bridgehead atoms. The highest BCUT2D eigenvalue weighted by atomic mass is 35.5. The number of carbonyl (C=O) groups excluding carboxylic acids is 1. The maximum absolute atomic E-state index is 13.0. The van der Waals surface area contributed by atoms with E-state index in [9.17, 15) is 9.90 Å². The molecule has 5 rings (SSSR count). The van der Waals surface area contributed by atoms with Crippen LogP contribution >= 0.6 is 11.6 Å². The standard InChI is InChI=1S/C25H28ClN3O2/c26-19-7-5-17(6-8-19)25(31)18-9-12-28(13-10-18)16-24(30)29-14-11-23-21(15-29)20-3-1-2-4-22(20)27-23/h1-8,18,25,27,31H,9-16H2. The molecule has 31 heavy (non-hydrogen) atoms. The lowest BCUT2D eigenvalue weighted by Gasteiger charge is -2.35. The van der Waals surface area contributed by atoms with Gasteiger partial charge in [-0.3, -0.25) is 9.69 Å². The number of aromatic amines is 1. The second-order valence-corrected chi connectivity index (χ2v) is 9.24. The molecule has 0 aliphatic carbocycles. The van der Waals surface area contributed by atoms with E-state index in [4.69, 9.17) is 11.6 Å². The van der Waals surface area contributed by atoms with Gasteiger partial charge in [0.25, 0.3) is 0 Å². The zero-order chi connectivity index (χ0) is 21.4. The number of rotatable bonds is 4. The number of carbonyl (C=O) groups is 1. The molecule has 2 aliphatic rings. The van der Waals surface area contributed by atoms with E-state index in [1.165, 1.54) is 16.6 Å². The molecular weight excluding hydrogens is 410 g/mol. The van der Waals surface area contributed by atoms with Gasteiger partial charge in [0.15, 0.2) is 0 Å². The van der Waals surface area contributed by atoms with Gasteiger partial charge in [-0.05, 0) is 55.6 Å². The van der Waals surface area contributed by atoms with E-state index in [1.807, 2.05) is 35.2 Å². The quantitative estimate of drug-likeness (QED) is 0.644. The number of halogens is 1. The van der Waals surface area contributed by atoms with Crippen LogP contribution in [0.15, 0.2) is 48.5 Å². The van der Waals surface area contributed by atoms with Crippen molar-refractivity contribution in [2.24, 2.45) is 5.92 Å². The summed E-state index contributed by atoms with van der Waals surface area (Å²) < 4.78 is 0. The highest BCUT2D eigenvalue weighted by Gasteiger charge is 2.29. The minimum Gasteiger partial charge on any atom is -0.388 e. The van der Waals surface area contributed by atoms with Gasteiger partial charge in [0.05, 0.1) is 12.6 Å². The minimum atomic E-state index is -0.475. The molecule has 5 nitrogen and oxygen atoms in total. The molecule has 0 radical (unpaired) electrons. The Hall–Kier alpha value is -2.34. The predicted molar refractivity (Wildman–Crippen MR) is 123 cm³/mol. The molecule has 1 aromatic heterocycles. The van der Waals surface area contributed by atoms with Crippen molar-refractivity contribution in [1.29, 1.82) is 0 Å². The second-order valence-electron chi connectivity index (χ2n) is 8.80. The molecule has 3 heterocycles. The first-order chi connectivity index (χ1) is 15.1. The Morgan fingerprint density at radius 3 is 2.61 bits per heavy atom. The second kappa shape index (κ2) is 8.65. The van der Waals surface area contributed by atoms with Crippen LogP contribution in [0.25, 0.3) is 10.9 Å². The highest BCUT2D eigenvalue weighted by Crippen LogP contribution is 2.32. The molecule has 6 heteroatoms. The Bertz CT molecular complexity index is 1070. The van der Waals surface area contributed by atoms with E-state index in [2.05, 4.69) is 28.1 Å². The van der Waals surface area contributed by atoms with Gasteiger partial charge in [-0.1, -0.05) is 41.9 Å². The Kier molecular flexibility index (Phi) is 5.74. The maximum Gasteiger partial charge on any atom is 0.237 e. The number of nitrogens with zero attached hydrogens (tertiary/aromatic N) is 2. The van der Waals surface area contributed by atoms with Crippen molar-refractivity contribution < 1.29 is 9.90 Å². The van der Waals surface area contributed by atoms with E-state index in [1.54, 1.807) is 0 Å². The van der Waals surface area contributed by atoms with Gasteiger partial charge in [0, 0.05) is 46.7 Å². The van der Waals surface area contributed by atoms with Crippen molar-refractivity contribution in [1.82, 2.24) is 14.8 Å². The van der Waals surface area contributed by atoms with Crippen molar-refractivity contribution >= 4 is 28.4 Å². The van der Waals surface area contributed by atoms with Crippen LogP contribution < -0.4 is 0 Å². The third kappa shape index (κ3) is 4.22. The summed E-state index contributed by atoms with van der Waals surface area (Å²) in [5, 5.41) is 12.6. The summed E-state index contributed by atoms with van der Waals surface area (Å²) in [5.74, 6) is 0.420. The molecule has 1 saturated heterocycles. The predicted octanol–water partition coefficient (Wildman–Crippen LogP) is 4.15. The molecule has 1 fully saturated rings. The fourth-order valence-corrected chi connectivity index (χ4v) is 5.16. The molecule has 1 unspecified atom stereocenters. The average Bonchev–Trinajstić information content (AvgIpc) is 3.17. The van der Waals surface area contributed by atoms with Gasteiger partial charge >= 0.3 is 0 Å². The largest absolute Gasteiger partial charge is 0.388 e. The minimum absolute atomic E-state index is 0.202. The summed E-state index contributed by atoms with van der Waals surface area (Å²) >= 11 is 5.96. The van der Waals surface area contributed by atoms with Crippen LogP contribution in [-0.2, 0) is 17.8 Å². The van der Waals surface area contributed by atoms with E-state index >= 15 is 0 Å². The van der Waals surface area contributed by atoms with Crippen molar-refractivity contribution in [2.45, 2.75) is 31.9 Å². The summed E-state index contributed by atoms with van der Waals surface area (Å²) in [6, 6.07) is 15.8. The fraction of sp³-hybridized carbons (Fsp3) is 0.400. The van der Waals surface area contributed by atoms with Crippen LogP contribution in [0.1, 0.15) is 35.8 Å². The lowest BCUT2D eigenvalue weighted by molar-refractivity contribution is -0.133. The molecule has 0 saturated carbocycles. The van der Waals surface area contributed by atoms with Crippen molar-refractivity contribution in [2.75, 3.05) is 26.2 Å². The van der Waals surface area contributed by atoms with Crippen molar-refractivity contribution in [3.05, 3.63) is 70.4 Å². The highest BCUT2D eigenvalue weighted by molar-refractivity contribution is 6.30.